The summed E-state index contributed by atoms with van der Waals surface area (Å²) in [5.74, 6) is 0. The molecular formula is C13H16F3NO3S. The number of ether oxygens (including phenoxy) is 1. The quantitative estimate of drug-likeness (QED) is 0.859. The molecule has 0 saturated carbocycles. The molecule has 1 aliphatic rings. The average Bonchev–Trinajstić information content (AvgIpc) is 2.46. The first-order valence-electron chi connectivity index (χ1n) is 6.46. The normalized spacial score (nSPS) is 18.9. The number of sulfonamides is 1. The van der Waals surface area contributed by atoms with Gasteiger partial charge in [-0.3, -0.25) is 0 Å². The van der Waals surface area contributed by atoms with Crippen molar-refractivity contribution in [2.45, 2.75) is 30.0 Å². The first-order chi connectivity index (χ1) is 9.76. The Morgan fingerprint density at radius 3 is 2.29 bits per heavy atom. The molecule has 8 heteroatoms. The molecule has 1 saturated heterocycles. The van der Waals surface area contributed by atoms with E-state index in [1.807, 2.05) is 0 Å². The second kappa shape index (κ2) is 5.94. The topological polar surface area (TPSA) is 46.6 Å². The molecule has 0 aliphatic carbocycles. The van der Waals surface area contributed by atoms with Crippen LogP contribution in [-0.2, 0) is 20.9 Å². The molecule has 4 nitrogen and oxygen atoms in total. The van der Waals surface area contributed by atoms with Gasteiger partial charge in [0.1, 0.15) is 0 Å². The smallest absolute Gasteiger partial charge is 0.381 e. The van der Waals surface area contributed by atoms with Crippen LogP contribution in [0.3, 0.4) is 0 Å². The molecule has 0 radical (unpaired) electrons. The van der Waals surface area contributed by atoms with Crippen molar-refractivity contribution in [2.24, 2.45) is 0 Å². The maximum Gasteiger partial charge on any atom is 0.417 e. The van der Waals surface area contributed by atoms with E-state index in [2.05, 4.69) is 0 Å². The standard InChI is InChI=1S/C13H16F3NO3S/c1-20-10-6-8-17(9-7-10)21(18,19)12-5-3-2-4-11(12)13(14,15)16/h2-5,10H,6-9H2,1H3. The third-order valence-corrected chi connectivity index (χ3v) is 5.50. The molecule has 1 heterocycles. The molecule has 1 aliphatic heterocycles. The number of rotatable bonds is 3. The predicted octanol–water partition coefficient (Wildman–Crippen LogP) is 2.50. The summed E-state index contributed by atoms with van der Waals surface area (Å²) in [6.07, 6.45) is -3.79. The zero-order valence-corrected chi connectivity index (χ0v) is 12.2. The molecule has 0 amide bonds. The molecular weight excluding hydrogens is 307 g/mol. The number of benzene rings is 1. The maximum absolute atomic E-state index is 13.0. The SMILES string of the molecule is COC1CCN(S(=O)(=O)c2ccccc2C(F)(F)F)CC1. The first-order valence-corrected chi connectivity index (χ1v) is 7.90. The van der Waals surface area contributed by atoms with Gasteiger partial charge in [-0.05, 0) is 25.0 Å². The molecule has 21 heavy (non-hydrogen) atoms. The van der Waals surface area contributed by atoms with Crippen molar-refractivity contribution < 1.29 is 26.3 Å². The summed E-state index contributed by atoms with van der Waals surface area (Å²) >= 11 is 0. The number of hydrogen-bond donors (Lipinski definition) is 0. The zero-order valence-electron chi connectivity index (χ0n) is 11.4. The molecule has 1 fully saturated rings. The minimum absolute atomic E-state index is 0.0469. The van der Waals surface area contributed by atoms with E-state index in [1.165, 1.54) is 19.2 Å². The second-order valence-electron chi connectivity index (χ2n) is 4.83. The van der Waals surface area contributed by atoms with E-state index < -0.39 is 26.7 Å². The fourth-order valence-corrected chi connectivity index (χ4v) is 4.05. The van der Waals surface area contributed by atoms with Crippen LogP contribution in [0, 0.1) is 0 Å². The Bertz CT molecular complexity index is 593. The fraction of sp³-hybridized carbons (Fsp3) is 0.538. The molecule has 1 aromatic carbocycles. The van der Waals surface area contributed by atoms with E-state index in [-0.39, 0.29) is 19.2 Å². The molecule has 0 N–H and O–H groups in total. The highest BCUT2D eigenvalue weighted by atomic mass is 32.2. The summed E-state index contributed by atoms with van der Waals surface area (Å²) in [4.78, 5) is -0.687. The fourth-order valence-electron chi connectivity index (χ4n) is 2.37. The summed E-state index contributed by atoms with van der Waals surface area (Å²) in [7, 11) is -2.61. The monoisotopic (exact) mass is 323 g/mol. The lowest BCUT2D eigenvalue weighted by atomic mass is 10.1. The van der Waals surface area contributed by atoms with Gasteiger partial charge >= 0.3 is 6.18 Å². The highest BCUT2D eigenvalue weighted by molar-refractivity contribution is 7.89. The van der Waals surface area contributed by atoms with Gasteiger partial charge < -0.3 is 4.74 Å². The van der Waals surface area contributed by atoms with E-state index in [9.17, 15) is 21.6 Å². The largest absolute Gasteiger partial charge is 0.417 e. The van der Waals surface area contributed by atoms with E-state index >= 15 is 0 Å². The van der Waals surface area contributed by atoms with Crippen LogP contribution in [0.1, 0.15) is 18.4 Å². The number of methoxy groups -OCH3 is 1. The number of piperidine rings is 1. The summed E-state index contributed by atoms with van der Waals surface area (Å²) in [6, 6.07) is 4.26. The van der Waals surface area contributed by atoms with Gasteiger partial charge in [0, 0.05) is 20.2 Å². The molecule has 0 unspecified atom stereocenters. The molecule has 0 spiro atoms. The third kappa shape index (κ3) is 3.38. The Kier molecular flexibility index (Phi) is 4.60. The van der Waals surface area contributed by atoms with Crippen LogP contribution in [-0.4, -0.2) is 39.0 Å². The molecule has 1 aromatic rings. The zero-order chi connectivity index (χ0) is 15.7. The van der Waals surface area contributed by atoms with Gasteiger partial charge in [0.05, 0.1) is 16.6 Å². The second-order valence-corrected chi connectivity index (χ2v) is 6.74. The first kappa shape index (κ1) is 16.3. The van der Waals surface area contributed by atoms with Crippen molar-refractivity contribution >= 4 is 10.0 Å². The summed E-state index contributed by atoms with van der Waals surface area (Å²) in [6.45, 7) is 0.320. The minimum atomic E-state index is -4.70. The number of nitrogens with zero attached hydrogens (tertiary/aromatic N) is 1. The lowest BCUT2D eigenvalue weighted by Crippen LogP contribution is -2.41. The van der Waals surface area contributed by atoms with Gasteiger partial charge in [-0.25, -0.2) is 8.42 Å². The number of alkyl halides is 3. The molecule has 0 aromatic heterocycles. The van der Waals surface area contributed by atoms with Crippen LogP contribution >= 0.6 is 0 Å². The van der Waals surface area contributed by atoms with Crippen LogP contribution in [0.5, 0.6) is 0 Å². The summed E-state index contributed by atoms with van der Waals surface area (Å²) in [5.41, 5.74) is -1.13. The maximum atomic E-state index is 13.0. The van der Waals surface area contributed by atoms with E-state index in [1.54, 1.807) is 0 Å². The number of hydrogen-bond acceptors (Lipinski definition) is 3. The van der Waals surface area contributed by atoms with Crippen molar-refractivity contribution in [3.63, 3.8) is 0 Å². The highest BCUT2D eigenvalue weighted by Crippen LogP contribution is 2.35. The van der Waals surface area contributed by atoms with Crippen molar-refractivity contribution in [1.29, 1.82) is 0 Å². The van der Waals surface area contributed by atoms with Crippen LogP contribution in [0.4, 0.5) is 13.2 Å². The number of halogens is 3. The Morgan fingerprint density at radius 2 is 1.76 bits per heavy atom. The van der Waals surface area contributed by atoms with Crippen molar-refractivity contribution in [2.75, 3.05) is 20.2 Å². The van der Waals surface area contributed by atoms with Crippen LogP contribution in [0.2, 0.25) is 0 Å². The lowest BCUT2D eigenvalue weighted by Gasteiger charge is -2.31. The van der Waals surface area contributed by atoms with Gasteiger partial charge in [0.15, 0.2) is 0 Å². The highest BCUT2D eigenvalue weighted by Gasteiger charge is 2.39. The van der Waals surface area contributed by atoms with Crippen molar-refractivity contribution in [3.05, 3.63) is 29.8 Å². The van der Waals surface area contributed by atoms with Gasteiger partial charge in [-0.1, -0.05) is 12.1 Å². The molecule has 0 bridgehead atoms. The van der Waals surface area contributed by atoms with Gasteiger partial charge in [-0.2, -0.15) is 17.5 Å². The van der Waals surface area contributed by atoms with Crippen LogP contribution in [0.15, 0.2) is 29.2 Å². The van der Waals surface area contributed by atoms with Gasteiger partial charge in [0.25, 0.3) is 0 Å². The van der Waals surface area contributed by atoms with E-state index in [0.717, 1.165) is 16.4 Å². The van der Waals surface area contributed by atoms with E-state index in [4.69, 9.17) is 4.74 Å². The van der Waals surface area contributed by atoms with Gasteiger partial charge in [-0.15, -0.1) is 0 Å². The van der Waals surface area contributed by atoms with Gasteiger partial charge in [0.2, 0.25) is 10.0 Å². The Labute approximate surface area is 121 Å². The molecule has 0 atom stereocenters. The lowest BCUT2D eigenvalue weighted by molar-refractivity contribution is -0.139. The van der Waals surface area contributed by atoms with Crippen molar-refractivity contribution in [1.82, 2.24) is 4.31 Å². The molecule has 2 rings (SSSR count). The summed E-state index contributed by atoms with van der Waals surface area (Å²) < 4.78 is 70.0. The Balaban J connectivity index is 2.33. The third-order valence-electron chi connectivity index (χ3n) is 3.54. The molecule has 118 valence electrons. The van der Waals surface area contributed by atoms with E-state index in [0.29, 0.717) is 12.8 Å². The van der Waals surface area contributed by atoms with Crippen LogP contribution in [0.25, 0.3) is 0 Å². The Hall–Kier alpha value is -1.12. The minimum Gasteiger partial charge on any atom is -0.381 e. The average molecular weight is 323 g/mol. The van der Waals surface area contributed by atoms with Crippen molar-refractivity contribution in [3.8, 4) is 0 Å². The predicted molar refractivity (Wildman–Crippen MR) is 70.2 cm³/mol. The summed E-state index contributed by atoms with van der Waals surface area (Å²) in [5, 5.41) is 0. The van der Waals surface area contributed by atoms with Crippen LogP contribution < -0.4 is 0 Å². The Morgan fingerprint density at radius 1 is 1.19 bits per heavy atom.